The van der Waals surface area contributed by atoms with Gasteiger partial charge < -0.3 is 15.0 Å². The van der Waals surface area contributed by atoms with Gasteiger partial charge in [0.05, 0.1) is 13.2 Å². The number of hydrogen-bond acceptors (Lipinski definition) is 3. The quantitative estimate of drug-likeness (QED) is 0.692. The van der Waals surface area contributed by atoms with E-state index in [9.17, 15) is 0 Å². The van der Waals surface area contributed by atoms with Gasteiger partial charge in [0.15, 0.2) is 0 Å². The van der Waals surface area contributed by atoms with Crippen molar-refractivity contribution in [3.8, 4) is 0 Å². The van der Waals surface area contributed by atoms with Crippen LogP contribution < -0.4 is 5.32 Å². The van der Waals surface area contributed by atoms with Crippen molar-refractivity contribution < 1.29 is 4.74 Å². The van der Waals surface area contributed by atoms with E-state index in [0.717, 1.165) is 26.3 Å². The molecule has 3 nitrogen and oxygen atoms in total. The second kappa shape index (κ2) is 7.34. The van der Waals surface area contributed by atoms with Crippen LogP contribution in [-0.2, 0) is 4.74 Å². The smallest absolute Gasteiger partial charge is 0.0593 e. The zero-order valence-corrected chi connectivity index (χ0v) is 12.1. The lowest BCUT2D eigenvalue weighted by Gasteiger charge is -2.39. The Hall–Kier alpha value is -0.120. The van der Waals surface area contributed by atoms with Gasteiger partial charge in [-0.25, -0.2) is 0 Å². The minimum atomic E-state index is 0.460. The molecule has 1 aliphatic carbocycles. The summed E-state index contributed by atoms with van der Waals surface area (Å²) in [6.07, 6.45) is 5.45. The van der Waals surface area contributed by atoms with Gasteiger partial charge in [-0.15, -0.1) is 0 Å². The van der Waals surface area contributed by atoms with Gasteiger partial charge in [-0.1, -0.05) is 26.7 Å². The van der Waals surface area contributed by atoms with E-state index in [4.69, 9.17) is 4.74 Å². The van der Waals surface area contributed by atoms with E-state index in [-0.39, 0.29) is 0 Å². The van der Waals surface area contributed by atoms with E-state index in [1.54, 1.807) is 0 Å². The van der Waals surface area contributed by atoms with Gasteiger partial charge in [-0.05, 0) is 32.4 Å². The van der Waals surface area contributed by atoms with Crippen LogP contribution in [0.4, 0.5) is 0 Å². The molecule has 1 aliphatic rings. The van der Waals surface area contributed by atoms with Crippen molar-refractivity contribution in [2.45, 2.75) is 45.6 Å². The van der Waals surface area contributed by atoms with Crippen LogP contribution in [-0.4, -0.2) is 51.3 Å². The van der Waals surface area contributed by atoms with Gasteiger partial charge in [-0.2, -0.15) is 0 Å². The highest BCUT2D eigenvalue weighted by atomic mass is 16.5. The van der Waals surface area contributed by atoms with E-state index in [0.29, 0.717) is 11.5 Å². The van der Waals surface area contributed by atoms with Crippen molar-refractivity contribution in [1.29, 1.82) is 0 Å². The molecule has 1 unspecified atom stereocenters. The standard InChI is InChI=1S/C14H30N2O/c1-14(2)8-6-5-7-13(14)15-9-11-17-12-10-16(3)4/h13,15H,5-12H2,1-4H3. The van der Waals surface area contributed by atoms with E-state index in [2.05, 4.69) is 38.2 Å². The maximum atomic E-state index is 5.60. The fourth-order valence-corrected chi connectivity index (χ4v) is 2.53. The average molecular weight is 242 g/mol. The number of nitrogens with one attached hydrogen (secondary N) is 1. The summed E-state index contributed by atoms with van der Waals surface area (Å²) >= 11 is 0. The predicted octanol–water partition coefficient (Wildman–Crippen LogP) is 2.12. The summed E-state index contributed by atoms with van der Waals surface area (Å²) in [6.45, 7) is 8.44. The van der Waals surface area contributed by atoms with Crippen molar-refractivity contribution in [2.24, 2.45) is 5.41 Å². The summed E-state index contributed by atoms with van der Waals surface area (Å²) < 4.78 is 5.60. The number of likely N-dealkylation sites (N-methyl/N-ethyl adjacent to an activating group) is 1. The van der Waals surface area contributed by atoms with Crippen LogP contribution in [0.1, 0.15) is 39.5 Å². The topological polar surface area (TPSA) is 24.5 Å². The molecule has 0 aromatic heterocycles. The Morgan fingerprint density at radius 2 is 2.00 bits per heavy atom. The fraction of sp³-hybridized carbons (Fsp3) is 1.00. The summed E-state index contributed by atoms with van der Waals surface area (Å²) in [7, 11) is 4.15. The van der Waals surface area contributed by atoms with E-state index < -0.39 is 0 Å². The third-order valence-electron chi connectivity index (χ3n) is 3.83. The van der Waals surface area contributed by atoms with Crippen LogP contribution in [0.2, 0.25) is 0 Å². The lowest BCUT2D eigenvalue weighted by atomic mass is 9.73. The highest BCUT2D eigenvalue weighted by Gasteiger charge is 2.31. The monoisotopic (exact) mass is 242 g/mol. The van der Waals surface area contributed by atoms with Gasteiger partial charge in [0, 0.05) is 19.1 Å². The van der Waals surface area contributed by atoms with Crippen molar-refractivity contribution >= 4 is 0 Å². The SMILES string of the molecule is CN(C)CCOCCNC1CCCCC1(C)C. The van der Waals surface area contributed by atoms with Crippen molar-refractivity contribution in [3.63, 3.8) is 0 Å². The molecule has 0 radical (unpaired) electrons. The molecule has 0 heterocycles. The first-order valence-corrected chi connectivity index (χ1v) is 6.98. The van der Waals surface area contributed by atoms with Crippen LogP contribution in [0.25, 0.3) is 0 Å². The van der Waals surface area contributed by atoms with Gasteiger partial charge in [0.25, 0.3) is 0 Å². The molecule has 1 fully saturated rings. The van der Waals surface area contributed by atoms with Gasteiger partial charge >= 0.3 is 0 Å². The zero-order chi connectivity index (χ0) is 12.7. The highest BCUT2D eigenvalue weighted by molar-refractivity contribution is 4.87. The Labute approximate surface area is 107 Å². The van der Waals surface area contributed by atoms with Crippen LogP contribution in [0.5, 0.6) is 0 Å². The molecule has 102 valence electrons. The Kier molecular flexibility index (Phi) is 6.45. The molecule has 0 aromatic carbocycles. The third-order valence-corrected chi connectivity index (χ3v) is 3.83. The molecule has 0 aromatic rings. The minimum absolute atomic E-state index is 0.460. The highest BCUT2D eigenvalue weighted by Crippen LogP contribution is 2.35. The molecule has 0 bridgehead atoms. The number of hydrogen-bond donors (Lipinski definition) is 1. The van der Waals surface area contributed by atoms with Gasteiger partial charge in [0.1, 0.15) is 0 Å². The van der Waals surface area contributed by atoms with Crippen LogP contribution in [0, 0.1) is 5.41 Å². The molecule has 0 spiro atoms. The van der Waals surface area contributed by atoms with Crippen molar-refractivity contribution in [2.75, 3.05) is 40.4 Å². The maximum absolute atomic E-state index is 5.60. The predicted molar refractivity (Wildman–Crippen MR) is 73.4 cm³/mol. The molecule has 0 saturated heterocycles. The first-order chi connectivity index (χ1) is 8.02. The van der Waals surface area contributed by atoms with E-state index in [1.165, 1.54) is 25.7 Å². The van der Waals surface area contributed by atoms with Crippen molar-refractivity contribution in [3.05, 3.63) is 0 Å². The fourth-order valence-electron chi connectivity index (χ4n) is 2.53. The summed E-state index contributed by atoms with van der Waals surface area (Å²) in [4.78, 5) is 2.15. The summed E-state index contributed by atoms with van der Waals surface area (Å²) in [5, 5.41) is 3.66. The molecule has 1 N–H and O–H groups in total. The lowest BCUT2D eigenvalue weighted by molar-refractivity contribution is 0.104. The number of rotatable bonds is 7. The number of nitrogens with zero attached hydrogens (tertiary/aromatic N) is 1. The average Bonchev–Trinajstić information content (AvgIpc) is 2.24. The minimum Gasteiger partial charge on any atom is -0.379 e. The molecule has 1 rings (SSSR count). The van der Waals surface area contributed by atoms with Crippen LogP contribution in [0.3, 0.4) is 0 Å². The molecular weight excluding hydrogens is 212 g/mol. The second-order valence-electron chi connectivity index (χ2n) is 6.16. The molecule has 0 aliphatic heterocycles. The Morgan fingerprint density at radius 1 is 1.24 bits per heavy atom. The zero-order valence-electron chi connectivity index (χ0n) is 12.1. The van der Waals surface area contributed by atoms with E-state index >= 15 is 0 Å². The molecule has 3 heteroatoms. The molecule has 1 atom stereocenters. The third kappa shape index (κ3) is 5.84. The molecule has 17 heavy (non-hydrogen) atoms. The lowest BCUT2D eigenvalue weighted by Crippen LogP contribution is -2.45. The second-order valence-corrected chi connectivity index (χ2v) is 6.16. The molecular formula is C14H30N2O. The normalized spacial score (nSPS) is 24.2. The first kappa shape index (κ1) is 14.9. The van der Waals surface area contributed by atoms with Crippen molar-refractivity contribution in [1.82, 2.24) is 10.2 Å². The molecule has 1 saturated carbocycles. The van der Waals surface area contributed by atoms with Crippen LogP contribution in [0.15, 0.2) is 0 Å². The largest absolute Gasteiger partial charge is 0.379 e. The summed E-state index contributed by atoms with van der Waals surface area (Å²) in [5.41, 5.74) is 0.460. The summed E-state index contributed by atoms with van der Waals surface area (Å²) in [6, 6.07) is 0.675. The Morgan fingerprint density at radius 3 is 2.65 bits per heavy atom. The molecule has 0 amide bonds. The maximum Gasteiger partial charge on any atom is 0.0593 e. The van der Waals surface area contributed by atoms with E-state index in [1.807, 2.05) is 0 Å². The summed E-state index contributed by atoms with van der Waals surface area (Å²) in [5.74, 6) is 0. The van der Waals surface area contributed by atoms with Gasteiger partial charge in [-0.3, -0.25) is 0 Å². The Balaban J connectivity index is 2.05. The van der Waals surface area contributed by atoms with Gasteiger partial charge in [0.2, 0.25) is 0 Å². The number of ether oxygens (including phenoxy) is 1. The van der Waals surface area contributed by atoms with Crippen LogP contribution >= 0.6 is 0 Å². The Bertz CT molecular complexity index is 204. The first-order valence-electron chi connectivity index (χ1n) is 6.98.